The normalized spacial score (nSPS) is 11.9. The molecule has 2 rings (SSSR count). The predicted molar refractivity (Wildman–Crippen MR) is 108 cm³/mol. The second-order valence-corrected chi connectivity index (χ2v) is 9.89. The lowest BCUT2D eigenvalue weighted by Gasteiger charge is -2.19. The molecule has 6 nitrogen and oxygen atoms in total. The lowest BCUT2D eigenvalue weighted by Crippen LogP contribution is -2.27. The number of benzene rings is 1. The Morgan fingerprint density at radius 1 is 1.21 bits per heavy atom. The van der Waals surface area contributed by atoms with Crippen LogP contribution < -0.4 is 4.74 Å². The molecular weight excluding hydrogens is 421 g/mol. The van der Waals surface area contributed by atoms with E-state index in [0.29, 0.717) is 6.42 Å². The molecule has 9 heteroatoms. The van der Waals surface area contributed by atoms with Gasteiger partial charge in [0.2, 0.25) is 5.88 Å². The van der Waals surface area contributed by atoms with Crippen LogP contribution in [-0.4, -0.2) is 37.3 Å². The van der Waals surface area contributed by atoms with Gasteiger partial charge in [-0.3, -0.25) is 0 Å². The van der Waals surface area contributed by atoms with Crippen molar-refractivity contribution in [3.05, 3.63) is 41.3 Å². The highest BCUT2D eigenvalue weighted by Crippen LogP contribution is 2.34. The number of hydrogen-bond acceptors (Lipinski definition) is 6. The molecular formula is C20H23ClFNO5S. The molecule has 1 aromatic heterocycles. The molecule has 0 fully saturated rings. The van der Waals surface area contributed by atoms with Crippen LogP contribution in [0.15, 0.2) is 35.4 Å². The number of halogens is 2. The molecule has 0 saturated heterocycles. The average Bonchev–Trinajstić information content (AvgIpc) is 2.59. The zero-order chi connectivity index (χ0) is 21.8. The zero-order valence-electron chi connectivity index (χ0n) is 16.7. The van der Waals surface area contributed by atoms with Gasteiger partial charge in [0.1, 0.15) is 11.4 Å². The Hall–Kier alpha value is -2.19. The van der Waals surface area contributed by atoms with E-state index in [9.17, 15) is 17.6 Å². The van der Waals surface area contributed by atoms with Gasteiger partial charge in [0.25, 0.3) is 0 Å². The summed E-state index contributed by atoms with van der Waals surface area (Å²) in [6.07, 6.45) is 1.71. The Labute approximate surface area is 174 Å². The first-order valence-electron chi connectivity index (χ1n) is 8.96. The number of nitrogens with zero attached hydrogens (tertiary/aromatic N) is 1. The average molecular weight is 444 g/mol. The first-order chi connectivity index (χ1) is 13.4. The highest BCUT2D eigenvalue weighted by molar-refractivity contribution is 7.91. The van der Waals surface area contributed by atoms with Crippen molar-refractivity contribution in [2.45, 2.75) is 44.6 Å². The van der Waals surface area contributed by atoms with Crippen molar-refractivity contribution in [1.29, 1.82) is 0 Å². The third kappa shape index (κ3) is 6.40. The number of hydrogen-bond donors (Lipinski definition) is 0. The molecule has 0 aliphatic heterocycles. The van der Waals surface area contributed by atoms with Crippen molar-refractivity contribution in [3.63, 3.8) is 0 Å². The molecule has 2 aromatic rings. The molecule has 29 heavy (non-hydrogen) atoms. The fourth-order valence-electron chi connectivity index (χ4n) is 2.52. The quantitative estimate of drug-likeness (QED) is 0.464. The summed E-state index contributed by atoms with van der Waals surface area (Å²) < 4.78 is 49.9. The first-order valence-corrected chi connectivity index (χ1v) is 11.0. The van der Waals surface area contributed by atoms with Crippen LogP contribution in [0.2, 0.25) is 5.02 Å². The molecule has 158 valence electrons. The van der Waals surface area contributed by atoms with E-state index in [1.807, 2.05) is 0 Å². The predicted octanol–water partition coefficient (Wildman–Crippen LogP) is 4.45. The van der Waals surface area contributed by atoms with Gasteiger partial charge in [0, 0.05) is 17.3 Å². The molecule has 0 saturated carbocycles. The Morgan fingerprint density at radius 2 is 1.90 bits per heavy atom. The molecule has 0 spiro atoms. The second kappa shape index (κ2) is 9.09. The standard InChI is InChI=1S/C20H23ClFNO5S/c1-5-8-29(25,26)14-6-7-17(22)15(10-14)16-9-13(21)11-23-19(16)27-12-18(24)28-20(2,3)4/h6-7,9-11H,5,8,12H2,1-4H3. The maximum Gasteiger partial charge on any atom is 0.344 e. The second-order valence-electron chi connectivity index (χ2n) is 7.34. The van der Waals surface area contributed by atoms with E-state index in [1.165, 1.54) is 24.4 Å². The van der Waals surface area contributed by atoms with Crippen molar-refractivity contribution in [2.75, 3.05) is 12.4 Å². The van der Waals surface area contributed by atoms with Crippen LogP contribution in [0.25, 0.3) is 11.1 Å². The van der Waals surface area contributed by atoms with E-state index in [-0.39, 0.29) is 32.7 Å². The van der Waals surface area contributed by atoms with E-state index in [1.54, 1.807) is 27.7 Å². The maximum absolute atomic E-state index is 14.5. The van der Waals surface area contributed by atoms with Gasteiger partial charge in [-0.25, -0.2) is 22.6 Å². The molecule has 0 aliphatic carbocycles. The van der Waals surface area contributed by atoms with Crippen LogP contribution in [-0.2, 0) is 19.4 Å². The molecule has 0 amide bonds. The van der Waals surface area contributed by atoms with Gasteiger partial charge < -0.3 is 9.47 Å². The van der Waals surface area contributed by atoms with Gasteiger partial charge in [0.15, 0.2) is 16.4 Å². The summed E-state index contributed by atoms with van der Waals surface area (Å²) in [6.45, 7) is 6.44. The number of sulfone groups is 1. The van der Waals surface area contributed by atoms with Gasteiger partial charge in [-0.2, -0.15) is 0 Å². The monoisotopic (exact) mass is 443 g/mol. The van der Waals surface area contributed by atoms with E-state index >= 15 is 0 Å². The van der Waals surface area contributed by atoms with Gasteiger partial charge in [-0.15, -0.1) is 0 Å². The summed E-state index contributed by atoms with van der Waals surface area (Å²) in [5.74, 6) is -1.43. The van der Waals surface area contributed by atoms with Crippen LogP contribution in [0.5, 0.6) is 5.88 Å². The Bertz CT molecular complexity index is 1000. The fraction of sp³-hybridized carbons (Fsp3) is 0.400. The number of rotatable bonds is 7. The lowest BCUT2D eigenvalue weighted by molar-refractivity contribution is -0.157. The van der Waals surface area contributed by atoms with Crippen molar-refractivity contribution in [3.8, 4) is 17.0 Å². The van der Waals surface area contributed by atoms with Crippen molar-refractivity contribution < 1.29 is 27.1 Å². The van der Waals surface area contributed by atoms with Crippen molar-refractivity contribution in [1.82, 2.24) is 4.98 Å². The smallest absolute Gasteiger partial charge is 0.344 e. The molecule has 1 aromatic carbocycles. The largest absolute Gasteiger partial charge is 0.465 e. The Kier molecular flexibility index (Phi) is 7.24. The fourth-order valence-corrected chi connectivity index (χ4v) is 4.03. The SMILES string of the molecule is CCCS(=O)(=O)c1ccc(F)c(-c2cc(Cl)cnc2OCC(=O)OC(C)(C)C)c1. The van der Waals surface area contributed by atoms with Gasteiger partial charge in [-0.05, 0) is 51.5 Å². The molecule has 0 bridgehead atoms. The third-order valence-corrected chi connectivity index (χ3v) is 5.75. The van der Waals surface area contributed by atoms with Crippen LogP contribution >= 0.6 is 11.6 Å². The minimum absolute atomic E-state index is 0.0196. The zero-order valence-corrected chi connectivity index (χ0v) is 18.2. The number of esters is 1. The van der Waals surface area contributed by atoms with E-state index in [0.717, 1.165) is 6.07 Å². The summed E-state index contributed by atoms with van der Waals surface area (Å²) in [4.78, 5) is 15.9. The molecule has 0 aliphatic rings. The number of carbonyl (C=O) groups is 1. The van der Waals surface area contributed by atoms with Crippen LogP contribution in [0.3, 0.4) is 0 Å². The Balaban J connectivity index is 2.42. The summed E-state index contributed by atoms with van der Waals surface area (Å²) in [5.41, 5.74) is -0.603. The highest BCUT2D eigenvalue weighted by atomic mass is 35.5. The highest BCUT2D eigenvalue weighted by Gasteiger charge is 2.21. The van der Waals surface area contributed by atoms with Crippen LogP contribution in [0.1, 0.15) is 34.1 Å². The first kappa shape index (κ1) is 23.1. The van der Waals surface area contributed by atoms with Crippen LogP contribution in [0, 0.1) is 5.82 Å². The third-order valence-electron chi connectivity index (χ3n) is 3.62. The van der Waals surface area contributed by atoms with Crippen LogP contribution in [0.4, 0.5) is 4.39 Å². The van der Waals surface area contributed by atoms with Gasteiger partial charge in [-0.1, -0.05) is 18.5 Å². The van der Waals surface area contributed by atoms with E-state index in [4.69, 9.17) is 21.1 Å². The van der Waals surface area contributed by atoms with E-state index < -0.39 is 33.8 Å². The number of pyridine rings is 1. The van der Waals surface area contributed by atoms with Gasteiger partial charge >= 0.3 is 5.97 Å². The minimum Gasteiger partial charge on any atom is -0.465 e. The minimum atomic E-state index is -3.56. The summed E-state index contributed by atoms with van der Waals surface area (Å²) >= 11 is 6.00. The molecule has 0 radical (unpaired) electrons. The van der Waals surface area contributed by atoms with E-state index in [2.05, 4.69) is 4.98 Å². The van der Waals surface area contributed by atoms with Crippen molar-refractivity contribution in [2.24, 2.45) is 0 Å². The molecule has 0 unspecified atom stereocenters. The topological polar surface area (TPSA) is 82.6 Å². The summed E-state index contributed by atoms with van der Waals surface area (Å²) in [5, 5.41) is 0.200. The number of ether oxygens (including phenoxy) is 2. The molecule has 0 N–H and O–H groups in total. The van der Waals surface area contributed by atoms with Crippen molar-refractivity contribution >= 4 is 27.4 Å². The number of carbonyl (C=O) groups excluding carboxylic acids is 1. The molecule has 1 heterocycles. The lowest BCUT2D eigenvalue weighted by atomic mass is 10.1. The maximum atomic E-state index is 14.5. The summed E-state index contributed by atoms with van der Waals surface area (Å²) in [6, 6.07) is 4.89. The number of aromatic nitrogens is 1. The molecule has 0 atom stereocenters. The van der Waals surface area contributed by atoms with Gasteiger partial charge in [0.05, 0.1) is 15.7 Å². The summed E-state index contributed by atoms with van der Waals surface area (Å²) in [7, 11) is -3.56. The Morgan fingerprint density at radius 3 is 2.52 bits per heavy atom.